The molecule has 0 spiro atoms. The van der Waals surface area contributed by atoms with Crippen LogP contribution in [0.3, 0.4) is 0 Å². The Bertz CT molecular complexity index is 2410. The number of benzene rings is 4. The van der Waals surface area contributed by atoms with Crippen molar-refractivity contribution in [1.82, 2.24) is 15.5 Å². The Morgan fingerprint density at radius 1 is 0.800 bits per heavy atom. The van der Waals surface area contributed by atoms with Gasteiger partial charge in [0.2, 0.25) is 5.91 Å². The Hall–Kier alpha value is -4.74. The molecule has 3 atom stereocenters. The highest BCUT2D eigenvalue weighted by molar-refractivity contribution is 8.15. The minimum atomic E-state index is -1.12. The first-order valence-corrected chi connectivity index (χ1v) is 24.2. The number of nitrogens with zero attached hydrogens (tertiary/aromatic N) is 1. The Morgan fingerprint density at radius 3 is 2.25 bits per heavy atom. The number of fused-ring (bicyclic) bond motifs is 2. The van der Waals surface area contributed by atoms with Crippen LogP contribution in [0.1, 0.15) is 104 Å². The number of hydrogen-bond acceptors (Lipinski definition) is 10. The molecule has 4 aromatic rings. The van der Waals surface area contributed by atoms with Gasteiger partial charge in [0.1, 0.15) is 44.7 Å². The van der Waals surface area contributed by atoms with Crippen molar-refractivity contribution in [3.8, 4) is 11.5 Å². The lowest BCUT2D eigenvalue weighted by Gasteiger charge is -2.39. The first-order chi connectivity index (χ1) is 31.4. The van der Waals surface area contributed by atoms with E-state index < -0.39 is 33.0 Å². The third-order valence-corrected chi connectivity index (χ3v) is 15.6. The van der Waals surface area contributed by atoms with E-state index in [2.05, 4.69) is 15.5 Å². The number of carbonyl (C=O) groups is 2. The Morgan fingerprint density at radius 2 is 1.49 bits per heavy atom. The quantitative estimate of drug-likeness (QED) is 0.0367. The molecule has 3 unspecified atom stereocenters. The van der Waals surface area contributed by atoms with Gasteiger partial charge in [0.15, 0.2) is 4.87 Å². The third-order valence-electron chi connectivity index (χ3n) is 12.9. The van der Waals surface area contributed by atoms with E-state index in [-0.39, 0.29) is 70.2 Å². The average Bonchev–Trinajstić information content (AvgIpc) is 3.30. The van der Waals surface area contributed by atoms with E-state index in [1.54, 1.807) is 11.4 Å². The van der Waals surface area contributed by atoms with Crippen LogP contribution >= 0.6 is 23.5 Å². The third kappa shape index (κ3) is 10.9. The van der Waals surface area contributed by atoms with Gasteiger partial charge in [0.05, 0.1) is 36.7 Å². The smallest absolute Gasteiger partial charge is 0.311 e. The van der Waals surface area contributed by atoms with Crippen LogP contribution in [0.15, 0.2) is 78.9 Å². The molecule has 2 saturated heterocycles. The number of carbonyl (C=O) groups excluding carboxylic acids is 2. The van der Waals surface area contributed by atoms with E-state index in [0.717, 1.165) is 73.6 Å². The maximum atomic E-state index is 16.6. The van der Waals surface area contributed by atoms with Crippen molar-refractivity contribution in [3.63, 3.8) is 0 Å². The lowest BCUT2D eigenvalue weighted by atomic mass is 9.88. The molecule has 4 aliphatic heterocycles. The number of piperidine rings is 2. The summed E-state index contributed by atoms with van der Waals surface area (Å²) in [4.78, 5) is 27.3. The summed E-state index contributed by atoms with van der Waals surface area (Å²) in [7, 11) is 0. The number of primary amides is 1. The highest BCUT2D eigenvalue weighted by Crippen LogP contribution is 2.47. The van der Waals surface area contributed by atoms with E-state index in [9.17, 15) is 23.8 Å². The molecule has 10 nitrogen and oxygen atoms in total. The van der Waals surface area contributed by atoms with Gasteiger partial charge in [-0.2, -0.15) is 0 Å². The van der Waals surface area contributed by atoms with Crippen molar-refractivity contribution in [2.45, 2.75) is 92.3 Å². The molecule has 2 amide bonds. The van der Waals surface area contributed by atoms with Crippen molar-refractivity contribution in [2.75, 3.05) is 39.4 Å². The van der Waals surface area contributed by atoms with Crippen LogP contribution < -0.4 is 25.4 Å². The first kappa shape index (κ1) is 46.8. The van der Waals surface area contributed by atoms with Crippen molar-refractivity contribution >= 4 is 45.4 Å². The van der Waals surface area contributed by atoms with Gasteiger partial charge in [0.25, 0.3) is 0 Å². The van der Waals surface area contributed by atoms with Crippen molar-refractivity contribution in [2.24, 2.45) is 0 Å². The van der Waals surface area contributed by atoms with Crippen molar-refractivity contribution in [1.29, 1.82) is 10.8 Å². The summed E-state index contributed by atoms with van der Waals surface area (Å²) in [5.74, 6) is -2.12. The maximum Gasteiger partial charge on any atom is 0.311 e. The lowest BCUT2D eigenvalue weighted by molar-refractivity contribution is -0.630. The Balaban J connectivity index is 0.890. The number of amides is 2. The number of nitrogens with two attached hydrogens (primary N) is 1. The molecule has 65 heavy (non-hydrogen) atoms. The molecule has 344 valence electrons. The molecule has 4 aromatic carbocycles. The van der Waals surface area contributed by atoms with E-state index >= 15 is 8.78 Å². The molecule has 2 fully saturated rings. The number of rotatable bonds is 14. The number of para-hydroxylation sites is 2. The summed E-state index contributed by atoms with van der Waals surface area (Å²) in [6.07, 6.45) is 6.78. The van der Waals surface area contributed by atoms with Gasteiger partial charge < -0.3 is 25.0 Å². The zero-order chi connectivity index (χ0) is 45.6. The van der Waals surface area contributed by atoms with E-state index in [1.807, 2.05) is 42.5 Å². The molecule has 0 aliphatic carbocycles. The highest BCUT2D eigenvalue weighted by atomic mass is 32.2. The van der Waals surface area contributed by atoms with Crippen LogP contribution in [0.2, 0.25) is 0 Å². The molecule has 0 saturated carbocycles. The average molecular weight is 932 g/mol. The predicted octanol–water partition coefficient (Wildman–Crippen LogP) is 8.42. The van der Waals surface area contributed by atoms with Crippen LogP contribution in [-0.2, 0) is 19.3 Å². The van der Waals surface area contributed by atoms with Crippen LogP contribution in [0, 0.1) is 34.1 Å². The zero-order valence-electron chi connectivity index (χ0n) is 36.2. The zero-order valence-corrected chi connectivity index (χ0v) is 37.8. The van der Waals surface area contributed by atoms with E-state index in [4.69, 9.17) is 14.9 Å². The standard InChI is InChI=1S/C49H54F4N6O4S2/c50-32-14-16-40(52)36(28-32)46(54)64-48(20-26-62-41-11-3-1-9-38(41)48)57-43(60)13-7-23-59-24-18-31(19-25-59)35-29-33(51)30-37(45(35)53)47(55)65-49(21-27-63-42-12-4-2-10-39(42)49)58-44(61)17-15-34-8-5-6-22-56-34/h1-4,9-12,14,16,28-31,34,54-56H,5-8,13,15,17-27H2,(H,57,60)(H,58,61)/p+1. The first-order valence-electron chi connectivity index (χ1n) is 22.5. The second kappa shape index (κ2) is 20.8. The van der Waals surface area contributed by atoms with Crippen LogP contribution in [0.4, 0.5) is 17.6 Å². The van der Waals surface area contributed by atoms with Gasteiger partial charge in [-0.05, 0) is 136 Å². The highest BCUT2D eigenvalue weighted by Gasteiger charge is 2.46. The topological polar surface area (TPSA) is 144 Å². The van der Waals surface area contributed by atoms with E-state index in [1.165, 1.54) is 6.07 Å². The van der Waals surface area contributed by atoms with Crippen molar-refractivity contribution < 1.29 is 41.9 Å². The fourth-order valence-corrected chi connectivity index (χ4v) is 12.1. The van der Waals surface area contributed by atoms with Gasteiger partial charge in [-0.3, -0.25) is 20.9 Å². The number of ether oxygens (including phenoxy) is 2. The fraction of sp³-hybridized carbons (Fsp3) is 0.429. The SMILES string of the molecule is N=C(SC1([NH2+]C(=O)CCCN2CCC(c3cc(F)cc(C(=N)SC4(NC(=O)CCC5CCCCN5)CCOc5ccccc54)c3F)CC2)CCOc2ccccc21)c1cc(F)ccc1F. The van der Waals surface area contributed by atoms with Crippen LogP contribution in [0.5, 0.6) is 11.5 Å². The monoisotopic (exact) mass is 931 g/mol. The normalized spacial score (nSPS) is 22.2. The van der Waals surface area contributed by atoms with E-state index in [0.29, 0.717) is 87.2 Å². The maximum absolute atomic E-state index is 16.6. The molecule has 4 heterocycles. The number of quaternary nitrogens is 1. The second-order valence-corrected chi connectivity index (χ2v) is 20.0. The summed E-state index contributed by atoms with van der Waals surface area (Å²) in [6.45, 7) is 3.29. The van der Waals surface area contributed by atoms with Gasteiger partial charge >= 0.3 is 5.91 Å². The molecule has 0 radical (unpaired) electrons. The Kier molecular flexibility index (Phi) is 15.0. The summed E-state index contributed by atoms with van der Waals surface area (Å²) in [6, 6.07) is 20.1. The van der Waals surface area contributed by atoms with Gasteiger partial charge in [-0.25, -0.2) is 22.4 Å². The minimum Gasteiger partial charge on any atom is -0.493 e. The Labute approximate surface area is 385 Å². The van der Waals surface area contributed by atoms with Gasteiger partial charge in [-0.15, -0.1) is 0 Å². The van der Waals surface area contributed by atoms with Crippen LogP contribution in [-0.4, -0.2) is 72.2 Å². The lowest BCUT2D eigenvalue weighted by Crippen LogP contribution is -2.97. The van der Waals surface area contributed by atoms with Gasteiger partial charge in [-0.1, -0.05) is 48.5 Å². The molecule has 4 aliphatic rings. The summed E-state index contributed by atoms with van der Waals surface area (Å²) >= 11 is 2.03. The number of likely N-dealkylation sites (tertiary alicyclic amines) is 1. The number of halogens is 4. The summed E-state index contributed by atoms with van der Waals surface area (Å²) in [5.41, 5.74) is 1.27. The molecule has 16 heteroatoms. The molecular formula is C49H55F4N6O4S2+. The molecule has 8 rings (SSSR count). The summed E-state index contributed by atoms with van der Waals surface area (Å²) < 4.78 is 72.7. The number of nitrogens with one attached hydrogen (secondary N) is 4. The molecule has 0 aromatic heterocycles. The summed E-state index contributed by atoms with van der Waals surface area (Å²) in [5, 5.41) is 25.9. The largest absolute Gasteiger partial charge is 0.493 e. The molecule has 6 N–H and O–H groups in total. The number of thioether (sulfide) groups is 2. The van der Waals surface area contributed by atoms with Crippen LogP contribution in [0.25, 0.3) is 0 Å². The van der Waals surface area contributed by atoms with Crippen molar-refractivity contribution in [3.05, 3.63) is 130 Å². The minimum absolute atomic E-state index is 0.145. The predicted molar refractivity (Wildman–Crippen MR) is 246 cm³/mol. The number of hydrogen-bond donors (Lipinski definition) is 5. The molecule has 0 bridgehead atoms. The second-order valence-electron chi connectivity index (χ2n) is 17.3. The molecular weight excluding hydrogens is 877 g/mol. The van der Waals surface area contributed by atoms with Gasteiger partial charge in [0, 0.05) is 35.6 Å². The fourth-order valence-electron chi connectivity index (χ4n) is 9.55.